The largest absolute Gasteiger partial charge is 3.00 e. The Balaban J connectivity index is 0.00000841. The minimum Gasteiger partial charge on any atom is -0.549 e. The second-order valence-corrected chi connectivity index (χ2v) is 13.7. The second-order valence-electron chi connectivity index (χ2n) is 13.2. The number of fused-ring (bicyclic) bond motifs is 1. The summed E-state index contributed by atoms with van der Waals surface area (Å²) in [5.74, 6) is -5.34. The van der Waals surface area contributed by atoms with Crippen LogP contribution in [0, 0.1) is 0 Å². The molecule has 4 rings (SSSR count). The maximum Gasteiger partial charge on any atom is 3.00 e. The zero-order chi connectivity index (χ0) is 40.1. The number of halogens is 1. The SMILES string of the molecule is COc1ccc2c(c1)c(CC(=O)NCCCC(C(=O)O)N1CCN(CC(=O)[O-])CCN(CC(=O)[O-])CCN(CC(=O)[O-])CC1)cn2C(=O)c1ccc(Cl)cc1.[Ga+3]. The topological polar surface area (TPSA) is 231 Å². The molecule has 19 heteroatoms. The normalized spacial score (nSPS) is 15.8. The van der Waals surface area contributed by atoms with Crippen molar-refractivity contribution in [3.8, 4) is 5.75 Å². The number of carboxylic acids is 4. The molecule has 2 aromatic carbocycles. The Bertz CT molecular complexity index is 1810. The van der Waals surface area contributed by atoms with Gasteiger partial charge in [-0.05, 0) is 60.9 Å². The number of rotatable bonds is 16. The molecule has 17 nitrogen and oxygen atoms in total. The van der Waals surface area contributed by atoms with Crippen molar-refractivity contribution in [3.05, 3.63) is 64.8 Å². The first-order chi connectivity index (χ1) is 26.2. The number of carbonyl (C=O) groups is 6. The number of aromatic nitrogens is 1. The zero-order valence-electron chi connectivity index (χ0n) is 31.0. The molecule has 2 heterocycles. The molecule has 0 saturated carbocycles. The number of amides is 1. The van der Waals surface area contributed by atoms with Crippen LogP contribution in [0.2, 0.25) is 5.02 Å². The molecule has 0 aliphatic carbocycles. The average Bonchev–Trinajstić information content (AvgIpc) is 3.48. The Hall–Kier alpha value is -4.43. The zero-order valence-corrected chi connectivity index (χ0v) is 34.2. The Morgan fingerprint density at radius 3 is 1.80 bits per heavy atom. The molecule has 1 saturated heterocycles. The van der Waals surface area contributed by atoms with Crippen LogP contribution in [-0.4, -0.2) is 176 Å². The van der Waals surface area contributed by atoms with Gasteiger partial charge in [-0.3, -0.25) is 38.6 Å². The van der Waals surface area contributed by atoms with Gasteiger partial charge in [0.05, 0.1) is 37.0 Å². The molecule has 0 radical (unpaired) electrons. The Morgan fingerprint density at radius 1 is 0.804 bits per heavy atom. The molecule has 1 fully saturated rings. The first-order valence-corrected chi connectivity index (χ1v) is 18.1. The summed E-state index contributed by atoms with van der Waals surface area (Å²) in [5.41, 5.74) is 1.54. The van der Waals surface area contributed by atoms with Crippen LogP contribution < -0.4 is 25.4 Å². The predicted molar refractivity (Wildman–Crippen MR) is 199 cm³/mol. The van der Waals surface area contributed by atoms with Crippen LogP contribution in [0.4, 0.5) is 0 Å². The Morgan fingerprint density at radius 2 is 1.32 bits per heavy atom. The van der Waals surface area contributed by atoms with Gasteiger partial charge in [0.15, 0.2) is 0 Å². The average molecular weight is 854 g/mol. The molecule has 0 bridgehead atoms. The molecule has 1 aromatic heterocycles. The van der Waals surface area contributed by atoms with Gasteiger partial charge in [0, 0.05) is 101 Å². The number of carbonyl (C=O) groups excluding carboxylic acids is 5. The number of hydrogen-bond donors (Lipinski definition) is 2. The van der Waals surface area contributed by atoms with E-state index in [0.717, 1.165) is 0 Å². The minimum absolute atomic E-state index is 0. The summed E-state index contributed by atoms with van der Waals surface area (Å²) in [4.78, 5) is 79.7. The minimum atomic E-state index is -1.35. The summed E-state index contributed by atoms with van der Waals surface area (Å²) >= 11 is 6.00. The molecule has 1 aliphatic heterocycles. The van der Waals surface area contributed by atoms with E-state index in [1.54, 1.807) is 53.6 Å². The molecule has 1 unspecified atom stereocenters. The second kappa shape index (κ2) is 22.3. The monoisotopic (exact) mass is 852 g/mol. The van der Waals surface area contributed by atoms with Crippen molar-refractivity contribution in [2.45, 2.75) is 25.3 Å². The van der Waals surface area contributed by atoms with Crippen molar-refractivity contribution in [2.75, 3.05) is 85.6 Å². The summed E-state index contributed by atoms with van der Waals surface area (Å²) in [6.45, 7) is -0.321. The van der Waals surface area contributed by atoms with Crippen molar-refractivity contribution in [1.82, 2.24) is 29.5 Å². The molecule has 0 spiro atoms. The van der Waals surface area contributed by atoms with Crippen LogP contribution >= 0.6 is 11.6 Å². The number of aliphatic carboxylic acids is 4. The van der Waals surface area contributed by atoms with Gasteiger partial charge in [0.2, 0.25) is 5.91 Å². The standard InChI is InChI=1S/C37H47ClN6O11.Ga/c1-55-28-8-9-30-29(20-28)26(21-44(30)36(52)25-4-6-27(38)7-5-25)19-32(45)39-10-2-3-31(37(53)54)43-17-15-41(23-34(48)49)13-11-40(22-33(46)47)12-14-42(16-18-43)24-35(50)51;/h4-9,20-21,31H,2-3,10-19,22-24H2,1H3,(H,39,45)(H,46,47)(H,48,49)(H,50,51)(H,53,54);/q;+3/p-3. The molecule has 298 valence electrons. The number of carboxylic acid groups (broad SMARTS) is 4. The van der Waals surface area contributed by atoms with Crippen molar-refractivity contribution in [3.63, 3.8) is 0 Å². The van der Waals surface area contributed by atoms with E-state index in [4.69, 9.17) is 16.3 Å². The number of ether oxygens (including phenoxy) is 1. The van der Waals surface area contributed by atoms with Crippen molar-refractivity contribution < 1.29 is 53.9 Å². The van der Waals surface area contributed by atoms with Crippen LogP contribution in [0.15, 0.2) is 48.7 Å². The van der Waals surface area contributed by atoms with Crippen LogP contribution in [0.5, 0.6) is 5.75 Å². The van der Waals surface area contributed by atoms with E-state index in [1.165, 1.54) is 26.4 Å². The molecular formula is C37H44ClGaN6O11. The van der Waals surface area contributed by atoms with Gasteiger partial charge in [0.25, 0.3) is 5.91 Å². The molecule has 1 atom stereocenters. The van der Waals surface area contributed by atoms with Gasteiger partial charge in [-0.15, -0.1) is 0 Å². The van der Waals surface area contributed by atoms with E-state index in [9.17, 15) is 49.2 Å². The van der Waals surface area contributed by atoms with Gasteiger partial charge < -0.3 is 44.9 Å². The third-order valence-electron chi connectivity index (χ3n) is 9.39. The molecule has 3 aromatic rings. The first-order valence-electron chi connectivity index (χ1n) is 17.7. The number of benzene rings is 2. The summed E-state index contributed by atoms with van der Waals surface area (Å²) in [6, 6.07) is 10.6. The van der Waals surface area contributed by atoms with E-state index in [2.05, 4.69) is 5.32 Å². The Labute approximate surface area is 341 Å². The summed E-state index contributed by atoms with van der Waals surface area (Å²) < 4.78 is 6.83. The quantitative estimate of drug-likeness (QED) is 0.108. The van der Waals surface area contributed by atoms with Gasteiger partial charge in [-0.2, -0.15) is 0 Å². The fourth-order valence-corrected chi connectivity index (χ4v) is 6.68. The van der Waals surface area contributed by atoms with Crippen LogP contribution in [0.25, 0.3) is 10.9 Å². The number of methoxy groups -OCH3 is 1. The number of hydrogen-bond acceptors (Lipinski definition) is 14. The predicted octanol–water partition coefficient (Wildman–Crippen LogP) is -3.03. The van der Waals surface area contributed by atoms with Crippen molar-refractivity contribution in [2.24, 2.45) is 0 Å². The smallest absolute Gasteiger partial charge is 0.549 e. The summed E-state index contributed by atoms with van der Waals surface area (Å²) in [5, 5.41) is 48.5. The van der Waals surface area contributed by atoms with E-state index in [-0.39, 0.29) is 110 Å². The van der Waals surface area contributed by atoms with Gasteiger partial charge in [0.1, 0.15) is 11.8 Å². The third kappa shape index (κ3) is 13.9. The molecule has 56 heavy (non-hydrogen) atoms. The maximum absolute atomic E-state index is 13.4. The van der Waals surface area contributed by atoms with Gasteiger partial charge >= 0.3 is 25.8 Å². The molecule has 1 amide bonds. The number of nitrogens with one attached hydrogen (secondary N) is 1. The number of nitrogens with zero attached hydrogens (tertiary/aromatic N) is 5. The fourth-order valence-electron chi connectivity index (χ4n) is 6.55. The molecule has 1 aliphatic rings. The third-order valence-corrected chi connectivity index (χ3v) is 9.64. The Kier molecular flexibility index (Phi) is 18.3. The first kappa shape index (κ1) is 46.0. The summed E-state index contributed by atoms with van der Waals surface area (Å²) in [6.07, 6.45) is 1.88. The van der Waals surface area contributed by atoms with E-state index >= 15 is 0 Å². The van der Waals surface area contributed by atoms with Gasteiger partial charge in [-0.25, -0.2) is 0 Å². The maximum atomic E-state index is 13.4. The van der Waals surface area contributed by atoms with Gasteiger partial charge in [-0.1, -0.05) is 11.6 Å². The van der Waals surface area contributed by atoms with Crippen molar-refractivity contribution in [1.29, 1.82) is 0 Å². The molecular weight excluding hydrogens is 810 g/mol. The van der Waals surface area contributed by atoms with Crippen LogP contribution in [0.1, 0.15) is 28.8 Å². The summed E-state index contributed by atoms with van der Waals surface area (Å²) in [7, 11) is 1.51. The van der Waals surface area contributed by atoms with E-state index in [1.807, 2.05) is 0 Å². The van der Waals surface area contributed by atoms with E-state index < -0.39 is 49.6 Å². The van der Waals surface area contributed by atoms with Crippen molar-refractivity contribution >= 4 is 78.0 Å². The van der Waals surface area contributed by atoms with E-state index in [0.29, 0.717) is 32.8 Å². The van der Waals surface area contributed by atoms with Crippen LogP contribution in [-0.2, 0) is 30.4 Å². The van der Waals surface area contributed by atoms with Crippen LogP contribution in [0.3, 0.4) is 0 Å². The fraction of sp³-hybridized carbons (Fsp3) is 0.459. The molecule has 2 N–H and O–H groups in total.